The first kappa shape index (κ1) is 14.7. The second-order valence-corrected chi connectivity index (χ2v) is 6.41. The van der Waals surface area contributed by atoms with E-state index in [1.807, 2.05) is 13.0 Å². The van der Waals surface area contributed by atoms with Crippen LogP contribution in [0.25, 0.3) is 0 Å². The number of piperazine rings is 1. The molecule has 1 aromatic carbocycles. The number of nitrogens with zero attached hydrogens (tertiary/aromatic N) is 2. The Kier molecular flexibility index (Phi) is 4.36. The molecule has 3 rings (SSSR count). The van der Waals surface area contributed by atoms with Crippen LogP contribution in [0, 0.1) is 5.92 Å². The van der Waals surface area contributed by atoms with Gasteiger partial charge in [0.15, 0.2) is 0 Å². The highest BCUT2D eigenvalue weighted by Crippen LogP contribution is 2.34. The minimum atomic E-state index is -0.0133. The summed E-state index contributed by atoms with van der Waals surface area (Å²) in [6, 6.07) is 6.24. The molecule has 1 aliphatic heterocycles. The average Bonchev–Trinajstić information content (AvgIpc) is 3.31. The van der Waals surface area contributed by atoms with Gasteiger partial charge < -0.3 is 15.4 Å². The Morgan fingerprint density at radius 2 is 1.95 bits per heavy atom. The summed E-state index contributed by atoms with van der Waals surface area (Å²) in [6.07, 6.45) is 2.87. The fourth-order valence-electron chi connectivity index (χ4n) is 3.28. The standard InChI is InChI=1S/C17H27N3O/c1-13(18)17-15(4-3-5-16(17)21-2)20-10-8-19(9-11-20)12-14-6-7-14/h3-5,13-14H,6-12,18H2,1-2H3/t13-/m1/s1. The monoisotopic (exact) mass is 289 g/mol. The van der Waals surface area contributed by atoms with Crippen molar-refractivity contribution in [3.8, 4) is 5.75 Å². The third-order valence-corrected chi connectivity index (χ3v) is 4.64. The first-order valence-electron chi connectivity index (χ1n) is 8.09. The quantitative estimate of drug-likeness (QED) is 0.903. The van der Waals surface area contributed by atoms with E-state index in [9.17, 15) is 0 Å². The lowest BCUT2D eigenvalue weighted by Gasteiger charge is -2.37. The average molecular weight is 289 g/mol. The fraction of sp³-hybridized carbons (Fsp3) is 0.647. The van der Waals surface area contributed by atoms with Crippen LogP contribution in [0.2, 0.25) is 0 Å². The van der Waals surface area contributed by atoms with Gasteiger partial charge in [0.25, 0.3) is 0 Å². The molecule has 0 amide bonds. The van der Waals surface area contributed by atoms with Crippen LogP contribution >= 0.6 is 0 Å². The van der Waals surface area contributed by atoms with Gasteiger partial charge in [0.1, 0.15) is 5.75 Å². The lowest BCUT2D eigenvalue weighted by Crippen LogP contribution is -2.47. The zero-order valence-electron chi connectivity index (χ0n) is 13.2. The predicted molar refractivity (Wildman–Crippen MR) is 87.0 cm³/mol. The molecule has 1 heterocycles. The van der Waals surface area contributed by atoms with Gasteiger partial charge in [-0.1, -0.05) is 6.07 Å². The van der Waals surface area contributed by atoms with Crippen LogP contribution in [0.1, 0.15) is 31.4 Å². The number of methoxy groups -OCH3 is 1. The SMILES string of the molecule is COc1cccc(N2CCN(CC3CC3)CC2)c1[C@@H](C)N. The van der Waals surface area contributed by atoms with Crippen LogP contribution in [0.3, 0.4) is 0 Å². The van der Waals surface area contributed by atoms with Crippen molar-refractivity contribution >= 4 is 5.69 Å². The first-order chi connectivity index (χ1) is 10.2. The second-order valence-electron chi connectivity index (χ2n) is 6.41. The number of anilines is 1. The summed E-state index contributed by atoms with van der Waals surface area (Å²) in [4.78, 5) is 5.07. The minimum Gasteiger partial charge on any atom is -0.496 e. The summed E-state index contributed by atoms with van der Waals surface area (Å²) in [7, 11) is 1.72. The highest BCUT2D eigenvalue weighted by Gasteiger charge is 2.27. The van der Waals surface area contributed by atoms with E-state index in [2.05, 4.69) is 21.9 Å². The van der Waals surface area contributed by atoms with E-state index in [0.717, 1.165) is 43.4 Å². The molecule has 0 aromatic heterocycles. The maximum atomic E-state index is 6.18. The van der Waals surface area contributed by atoms with E-state index in [4.69, 9.17) is 10.5 Å². The zero-order valence-corrected chi connectivity index (χ0v) is 13.2. The van der Waals surface area contributed by atoms with Crippen LogP contribution in [0.15, 0.2) is 18.2 Å². The van der Waals surface area contributed by atoms with Crippen molar-refractivity contribution in [2.75, 3.05) is 44.7 Å². The topological polar surface area (TPSA) is 41.7 Å². The van der Waals surface area contributed by atoms with E-state index < -0.39 is 0 Å². The van der Waals surface area contributed by atoms with E-state index in [1.165, 1.54) is 25.1 Å². The number of ether oxygens (including phenoxy) is 1. The van der Waals surface area contributed by atoms with Gasteiger partial charge in [-0.2, -0.15) is 0 Å². The van der Waals surface area contributed by atoms with E-state index in [0.29, 0.717) is 0 Å². The third kappa shape index (κ3) is 3.33. The van der Waals surface area contributed by atoms with Gasteiger partial charge in [0.05, 0.1) is 7.11 Å². The van der Waals surface area contributed by atoms with Gasteiger partial charge in [-0.15, -0.1) is 0 Å². The third-order valence-electron chi connectivity index (χ3n) is 4.64. The normalized spacial score (nSPS) is 21.4. The Labute approximate surface area is 127 Å². The molecule has 4 heteroatoms. The van der Waals surface area contributed by atoms with Crippen molar-refractivity contribution in [3.63, 3.8) is 0 Å². The lowest BCUT2D eigenvalue weighted by molar-refractivity contribution is 0.248. The molecule has 1 atom stereocenters. The van der Waals surface area contributed by atoms with Crippen molar-refractivity contribution in [1.82, 2.24) is 4.90 Å². The molecule has 0 bridgehead atoms. The van der Waals surface area contributed by atoms with Crippen LogP contribution < -0.4 is 15.4 Å². The molecule has 21 heavy (non-hydrogen) atoms. The second kappa shape index (κ2) is 6.24. The maximum Gasteiger partial charge on any atom is 0.125 e. The molecular weight excluding hydrogens is 262 g/mol. The number of benzene rings is 1. The number of hydrogen-bond acceptors (Lipinski definition) is 4. The molecule has 1 aromatic rings. The Morgan fingerprint density at radius 1 is 1.24 bits per heavy atom. The molecule has 1 saturated heterocycles. The van der Waals surface area contributed by atoms with Crippen molar-refractivity contribution in [3.05, 3.63) is 23.8 Å². The summed E-state index contributed by atoms with van der Waals surface area (Å²) < 4.78 is 5.50. The number of nitrogens with two attached hydrogens (primary N) is 1. The highest BCUT2D eigenvalue weighted by atomic mass is 16.5. The van der Waals surface area contributed by atoms with Crippen molar-refractivity contribution in [2.45, 2.75) is 25.8 Å². The lowest BCUT2D eigenvalue weighted by atomic mass is 10.0. The van der Waals surface area contributed by atoms with Gasteiger partial charge in [-0.25, -0.2) is 0 Å². The van der Waals surface area contributed by atoms with Crippen LogP contribution in [0.5, 0.6) is 5.75 Å². The van der Waals surface area contributed by atoms with E-state index in [-0.39, 0.29) is 6.04 Å². The summed E-state index contributed by atoms with van der Waals surface area (Å²) >= 11 is 0. The van der Waals surface area contributed by atoms with Crippen LogP contribution in [-0.4, -0.2) is 44.7 Å². The summed E-state index contributed by atoms with van der Waals surface area (Å²) in [5.41, 5.74) is 8.56. The molecule has 4 nitrogen and oxygen atoms in total. The number of hydrogen-bond donors (Lipinski definition) is 1. The Morgan fingerprint density at radius 3 is 2.52 bits per heavy atom. The van der Waals surface area contributed by atoms with Gasteiger partial charge in [0, 0.05) is 50.0 Å². The molecule has 1 aliphatic carbocycles. The van der Waals surface area contributed by atoms with Gasteiger partial charge in [0.2, 0.25) is 0 Å². The molecule has 2 aliphatic rings. The van der Waals surface area contributed by atoms with E-state index >= 15 is 0 Å². The molecule has 0 radical (unpaired) electrons. The van der Waals surface area contributed by atoms with E-state index in [1.54, 1.807) is 7.11 Å². The van der Waals surface area contributed by atoms with Gasteiger partial charge in [-0.3, -0.25) is 4.90 Å². The Balaban J connectivity index is 1.72. The zero-order chi connectivity index (χ0) is 14.8. The minimum absolute atomic E-state index is 0.0133. The smallest absolute Gasteiger partial charge is 0.125 e. The molecule has 1 saturated carbocycles. The van der Waals surface area contributed by atoms with Gasteiger partial charge in [-0.05, 0) is 37.8 Å². The Hall–Kier alpha value is -1.26. The number of rotatable bonds is 5. The van der Waals surface area contributed by atoms with Crippen LogP contribution in [-0.2, 0) is 0 Å². The molecule has 116 valence electrons. The summed E-state index contributed by atoms with van der Waals surface area (Å²) in [5, 5.41) is 0. The first-order valence-corrected chi connectivity index (χ1v) is 8.09. The summed E-state index contributed by atoms with van der Waals surface area (Å²) in [6.45, 7) is 7.81. The summed E-state index contributed by atoms with van der Waals surface area (Å²) in [5.74, 6) is 1.89. The molecule has 2 fully saturated rings. The highest BCUT2D eigenvalue weighted by molar-refractivity contribution is 5.61. The maximum absolute atomic E-state index is 6.18. The molecular formula is C17H27N3O. The van der Waals surface area contributed by atoms with Crippen molar-refractivity contribution in [2.24, 2.45) is 11.7 Å². The molecule has 0 spiro atoms. The van der Waals surface area contributed by atoms with Crippen molar-refractivity contribution in [1.29, 1.82) is 0 Å². The van der Waals surface area contributed by atoms with Crippen molar-refractivity contribution < 1.29 is 4.74 Å². The largest absolute Gasteiger partial charge is 0.496 e. The van der Waals surface area contributed by atoms with Crippen LogP contribution in [0.4, 0.5) is 5.69 Å². The molecule has 0 unspecified atom stereocenters. The van der Waals surface area contributed by atoms with Gasteiger partial charge >= 0.3 is 0 Å². The predicted octanol–water partition coefficient (Wildman–Crippen LogP) is 2.25. The Bertz CT molecular complexity index is 477. The molecule has 2 N–H and O–H groups in total. The fourth-order valence-corrected chi connectivity index (χ4v) is 3.28.